The fourth-order valence-electron chi connectivity index (χ4n) is 2.43. The van der Waals surface area contributed by atoms with Gasteiger partial charge in [-0.15, -0.1) is 0 Å². The SMILES string of the molecule is COC1CCC(O)(c2cc(F)ccc2Cl)CC1. The minimum atomic E-state index is -1.02. The average Bonchev–Trinajstić information content (AvgIpc) is 2.33. The molecule has 0 aliphatic heterocycles. The summed E-state index contributed by atoms with van der Waals surface area (Å²) in [5, 5.41) is 11.0. The molecule has 0 amide bonds. The quantitative estimate of drug-likeness (QED) is 0.882. The van der Waals surface area contributed by atoms with Gasteiger partial charge in [-0.25, -0.2) is 4.39 Å². The highest BCUT2D eigenvalue weighted by molar-refractivity contribution is 6.31. The van der Waals surface area contributed by atoms with Crippen LogP contribution in [0.5, 0.6) is 0 Å². The molecule has 17 heavy (non-hydrogen) atoms. The van der Waals surface area contributed by atoms with Gasteiger partial charge in [0.2, 0.25) is 0 Å². The van der Waals surface area contributed by atoms with Crippen LogP contribution in [0.15, 0.2) is 18.2 Å². The second kappa shape index (κ2) is 4.92. The van der Waals surface area contributed by atoms with E-state index in [2.05, 4.69) is 0 Å². The van der Waals surface area contributed by atoms with E-state index in [0.29, 0.717) is 23.4 Å². The summed E-state index contributed by atoms with van der Waals surface area (Å²) >= 11 is 6.03. The molecule has 1 aliphatic rings. The minimum absolute atomic E-state index is 0.183. The largest absolute Gasteiger partial charge is 0.385 e. The monoisotopic (exact) mass is 258 g/mol. The first kappa shape index (κ1) is 12.8. The zero-order valence-corrected chi connectivity index (χ0v) is 10.5. The molecule has 1 aromatic rings. The molecule has 1 aromatic carbocycles. The van der Waals surface area contributed by atoms with Gasteiger partial charge in [-0.2, -0.15) is 0 Å². The summed E-state index contributed by atoms with van der Waals surface area (Å²) in [6.45, 7) is 0. The molecule has 94 valence electrons. The number of halogens is 2. The van der Waals surface area contributed by atoms with E-state index < -0.39 is 5.60 Å². The molecule has 1 saturated carbocycles. The van der Waals surface area contributed by atoms with Crippen LogP contribution in [0.2, 0.25) is 5.02 Å². The predicted octanol–water partition coefficient (Wildman–Crippen LogP) is 3.26. The van der Waals surface area contributed by atoms with Crippen molar-refractivity contribution in [3.8, 4) is 0 Å². The van der Waals surface area contributed by atoms with Gasteiger partial charge in [-0.05, 0) is 43.9 Å². The van der Waals surface area contributed by atoms with E-state index in [0.717, 1.165) is 12.8 Å². The Balaban J connectivity index is 2.24. The Labute approximate surface area is 105 Å². The number of hydrogen-bond acceptors (Lipinski definition) is 2. The van der Waals surface area contributed by atoms with Gasteiger partial charge in [0.1, 0.15) is 5.82 Å². The summed E-state index contributed by atoms with van der Waals surface area (Å²) in [5.74, 6) is -0.369. The molecule has 2 rings (SSSR count). The first-order valence-electron chi connectivity index (χ1n) is 5.76. The molecule has 0 bridgehead atoms. The summed E-state index contributed by atoms with van der Waals surface area (Å²) in [4.78, 5) is 0. The van der Waals surface area contributed by atoms with Gasteiger partial charge in [-0.3, -0.25) is 0 Å². The lowest BCUT2D eigenvalue weighted by molar-refractivity contribution is -0.0475. The molecule has 0 spiro atoms. The first-order valence-corrected chi connectivity index (χ1v) is 6.14. The molecule has 2 nitrogen and oxygen atoms in total. The number of benzene rings is 1. The summed E-state index contributed by atoms with van der Waals surface area (Å²) in [5.41, 5.74) is -0.525. The topological polar surface area (TPSA) is 29.5 Å². The Hall–Kier alpha value is -0.640. The van der Waals surface area contributed by atoms with Crippen LogP contribution in [0.3, 0.4) is 0 Å². The Bertz CT molecular complexity index is 400. The van der Waals surface area contributed by atoms with E-state index in [4.69, 9.17) is 16.3 Å². The van der Waals surface area contributed by atoms with Crippen molar-refractivity contribution >= 4 is 11.6 Å². The molecule has 0 aromatic heterocycles. The van der Waals surface area contributed by atoms with Crippen molar-refractivity contribution in [2.24, 2.45) is 0 Å². The van der Waals surface area contributed by atoms with Crippen molar-refractivity contribution in [1.82, 2.24) is 0 Å². The maximum atomic E-state index is 13.2. The number of rotatable bonds is 2. The number of aliphatic hydroxyl groups is 1. The molecule has 0 saturated heterocycles. The zero-order valence-electron chi connectivity index (χ0n) is 9.75. The van der Waals surface area contributed by atoms with Crippen LogP contribution < -0.4 is 0 Å². The van der Waals surface area contributed by atoms with E-state index in [9.17, 15) is 9.50 Å². The molecular weight excluding hydrogens is 243 g/mol. The highest BCUT2D eigenvalue weighted by Crippen LogP contribution is 2.40. The third-order valence-electron chi connectivity index (χ3n) is 3.52. The lowest BCUT2D eigenvalue weighted by Crippen LogP contribution is -2.34. The van der Waals surface area contributed by atoms with E-state index in [1.54, 1.807) is 7.11 Å². The van der Waals surface area contributed by atoms with Crippen LogP contribution in [-0.2, 0) is 10.3 Å². The van der Waals surface area contributed by atoms with Gasteiger partial charge in [0, 0.05) is 17.7 Å². The van der Waals surface area contributed by atoms with Crippen molar-refractivity contribution in [2.75, 3.05) is 7.11 Å². The molecule has 1 aliphatic carbocycles. The van der Waals surface area contributed by atoms with Crippen molar-refractivity contribution in [2.45, 2.75) is 37.4 Å². The van der Waals surface area contributed by atoms with Gasteiger partial charge >= 0.3 is 0 Å². The maximum absolute atomic E-state index is 13.2. The summed E-state index contributed by atoms with van der Waals surface area (Å²) < 4.78 is 18.5. The number of ether oxygens (including phenoxy) is 1. The van der Waals surface area contributed by atoms with E-state index in [-0.39, 0.29) is 11.9 Å². The Morgan fingerprint density at radius 1 is 1.41 bits per heavy atom. The normalized spacial score (nSPS) is 29.3. The fourth-order valence-corrected chi connectivity index (χ4v) is 2.72. The third-order valence-corrected chi connectivity index (χ3v) is 3.85. The standard InChI is InChI=1S/C13H16ClFO2/c1-17-10-4-6-13(16,7-5-10)11-8-9(15)2-3-12(11)14/h2-3,8,10,16H,4-7H2,1H3. The fraction of sp³-hybridized carbons (Fsp3) is 0.538. The van der Waals surface area contributed by atoms with Crippen molar-refractivity contribution in [1.29, 1.82) is 0 Å². The second-order valence-corrected chi connectivity index (χ2v) is 5.00. The Morgan fingerprint density at radius 2 is 2.06 bits per heavy atom. The van der Waals surface area contributed by atoms with Gasteiger partial charge < -0.3 is 9.84 Å². The molecule has 0 radical (unpaired) electrons. The van der Waals surface area contributed by atoms with Crippen LogP contribution >= 0.6 is 11.6 Å². The lowest BCUT2D eigenvalue weighted by atomic mass is 9.78. The smallest absolute Gasteiger partial charge is 0.123 e. The van der Waals surface area contributed by atoms with Crippen molar-refractivity contribution in [3.63, 3.8) is 0 Å². The molecule has 0 unspecified atom stereocenters. The number of methoxy groups -OCH3 is 1. The van der Waals surface area contributed by atoms with E-state index >= 15 is 0 Å². The summed E-state index contributed by atoms with van der Waals surface area (Å²) in [6.07, 6.45) is 2.81. The Kier molecular flexibility index (Phi) is 3.71. The van der Waals surface area contributed by atoms with Crippen LogP contribution in [-0.4, -0.2) is 18.3 Å². The zero-order chi connectivity index (χ0) is 12.5. The molecule has 4 heteroatoms. The van der Waals surface area contributed by atoms with Crippen LogP contribution in [0.4, 0.5) is 4.39 Å². The highest BCUT2D eigenvalue weighted by atomic mass is 35.5. The lowest BCUT2D eigenvalue weighted by Gasteiger charge is -2.36. The highest BCUT2D eigenvalue weighted by Gasteiger charge is 2.36. The molecule has 1 fully saturated rings. The molecule has 1 N–H and O–H groups in total. The van der Waals surface area contributed by atoms with Gasteiger partial charge in [0.05, 0.1) is 11.7 Å². The van der Waals surface area contributed by atoms with Crippen molar-refractivity contribution in [3.05, 3.63) is 34.6 Å². The summed E-state index contributed by atoms with van der Waals surface area (Å²) in [7, 11) is 1.67. The third kappa shape index (κ3) is 2.62. The molecule has 0 atom stereocenters. The maximum Gasteiger partial charge on any atom is 0.123 e. The molecule has 0 heterocycles. The van der Waals surface area contributed by atoms with Crippen LogP contribution in [0, 0.1) is 5.82 Å². The predicted molar refractivity (Wildman–Crippen MR) is 64.6 cm³/mol. The number of hydrogen-bond donors (Lipinski definition) is 1. The van der Waals surface area contributed by atoms with Crippen LogP contribution in [0.1, 0.15) is 31.2 Å². The average molecular weight is 259 g/mol. The van der Waals surface area contributed by atoms with Gasteiger partial charge in [0.25, 0.3) is 0 Å². The second-order valence-electron chi connectivity index (χ2n) is 4.59. The molecular formula is C13H16ClFO2. The van der Waals surface area contributed by atoms with Crippen molar-refractivity contribution < 1.29 is 14.2 Å². The Morgan fingerprint density at radius 3 is 2.65 bits per heavy atom. The first-order chi connectivity index (χ1) is 8.05. The van der Waals surface area contributed by atoms with E-state index in [1.165, 1.54) is 18.2 Å². The van der Waals surface area contributed by atoms with E-state index in [1.807, 2.05) is 0 Å². The van der Waals surface area contributed by atoms with Gasteiger partial charge in [-0.1, -0.05) is 11.6 Å². The minimum Gasteiger partial charge on any atom is -0.385 e. The van der Waals surface area contributed by atoms with Crippen LogP contribution in [0.25, 0.3) is 0 Å². The van der Waals surface area contributed by atoms with Gasteiger partial charge in [0.15, 0.2) is 0 Å². The summed E-state index contributed by atoms with van der Waals surface area (Å²) in [6, 6.07) is 4.12.